The highest BCUT2D eigenvalue weighted by Crippen LogP contribution is 2.65. The van der Waals surface area contributed by atoms with Crippen LogP contribution in [0.25, 0.3) is 0 Å². The van der Waals surface area contributed by atoms with E-state index in [0.29, 0.717) is 31.2 Å². The van der Waals surface area contributed by atoms with Crippen LogP contribution in [0.4, 0.5) is 18.0 Å². The van der Waals surface area contributed by atoms with Gasteiger partial charge in [0, 0.05) is 6.54 Å². The summed E-state index contributed by atoms with van der Waals surface area (Å²) in [6.45, 7) is 10.9. The third kappa shape index (κ3) is 7.85. The first-order chi connectivity index (χ1) is 21.5. The van der Waals surface area contributed by atoms with Gasteiger partial charge >= 0.3 is 19.4 Å². The van der Waals surface area contributed by atoms with E-state index in [2.05, 4.69) is 31.4 Å². The summed E-state index contributed by atoms with van der Waals surface area (Å²) in [5.74, 6) is -0.436. The average molecular weight is 652 g/mol. The van der Waals surface area contributed by atoms with Gasteiger partial charge in [-0.1, -0.05) is 44.2 Å². The number of hydrogen-bond donors (Lipinski definition) is 2. The molecule has 0 spiro atoms. The molecule has 9 nitrogen and oxygen atoms in total. The zero-order valence-electron chi connectivity index (χ0n) is 27.8. The maximum Gasteiger partial charge on any atom is 0.482 e. The number of rotatable bonds is 11. The normalized spacial score (nSPS) is 29.9. The number of carbonyl (C=O) groups excluding carboxylic acids is 2. The quantitative estimate of drug-likeness (QED) is 0.328. The van der Waals surface area contributed by atoms with E-state index in [1.165, 1.54) is 0 Å². The Kier molecular flexibility index (Phi) is 10.1. The van der Waals surface area contributed by atoms with Crippen molar-refractivity contribution in [3.63, 3.8) is 0 Å². The van der Waals surface area contributed by atoms with Crippen LogP contribution in [-0.4, -0.2) is 91.8 Å². The van der Waals surface area contributed by atoms with Crippen molar-refractivity contribution in [1.29, 1.82) is 0 Å². The molecular formula is C33H49BF3N3O6. The second-order valence-corrected chi connectivity index (χ2v) is 15.2. The molecule has 0 aromatic heterocycles. The van der Waals surface area contributed by atoms with Crippen LogP contribution in [0.1, 0.15) is 72.8 Å². The molecule has 3 saturated carbocycles. The molecule has 1 aromatic rings. The van der Waals surface area contributed by atoms with Gasteiger partial charge in [0.05, 0.1) is 43.4 Å². The Morgan fingerprint density at radius 1 is 1.13 bits per heavy atom. The van der Waals surface area contributed by atoms with E-state index in [1.807, 2.05) is 30.3 Å². The van der Waals surface area contributed by atoms with Gasteiger partial charge in [0.25, 0.3) is 0 Å². The Labute approximate surface area is 270 Å². The number of alkyl halides is 3. The summed E-state index contributed by atoms with van der Waals surface area (Å²) in [5.41, 5.74) is -0.112. The lowest BCUT2D eigenvalue weighted by molar-refractivity contribution is -0.199. The number of nitrogens with one attached hydrogen (secondary N) is 2. The molecule has 3 aliphatic carbocycles. The molecule has 7 atom stereocenters. The molecule has 5 aliphatic rings. The van der Waals surface area contributed by atoms with Crippen LogP contribution in [0.3, 0.4) is 0 Å². The Morgan fingerprint density at radius 3 is 2.50 bits per heavy atom. The molecule has 256 valence electrons. The Bertz CT molecular complexity index is 1230. The number of benzene rings is 1. The smallest absolute Gasteiger partial charge is 0.444 e. The van der Waals surface area contributed by atoms with Crippen LogP contribution in [0.15, 0.2) is 30.3 Å². The van der Waals surface area contributed by atoms with E-state index >= 15 is 0 Å². The molecule has 2 bridgehead atoms. The third-order valence-electron chi connectivity index (χ3n) is 10.4. The van der Waals surface area contributed by atoms with Crippen molar-refractivity contribution in [3.8, 4) is 0 Å². The van der Waals surface area contributed by atoms with E-state index in [9.17, 15) is 22.8 Å². The first-order valence-electron chi connectivity index (χ1n) is 16.5. The summed E-state index contributed by atoms with van der Waals surface area (Å²) in [4.78, 5) is 28.0. The maximum absolute atomic E-state index is 13.7. The predicted octanol–water partition coefficient (Wildman–Crippen LogP) is 4.92. The zero-order chi connectivity index (χ0) is 33.5. The highest BCUT2D eigenvalue weighted by Gasteiger charge is 2.68. The highest BCUT2D eigenvalue weighted by molar-refractivity contribution is 6.48. The van der Waals surface area contributed by atoms with E-state index in [-0.39, 0.29) is 30.8 Å². The lowest BCUT2D eigenvalue weighted by Gasteiger charge is -2.64. The molecule has 0 radical (unpaired) electrons. The van der Waals surface area contributed by atoms with Crippen LogP contribution < -0.4 is 10.6 Å². The van der Waals surface area contributed by atoms with Crippen molar-refractivity contribution >= 4 is 19.1 Å². The Hall–Kier alpha value is -2.35. The minimum absolute atomic E-state index is 0.0669. The molecule has 6 rings (SSSR count). The van der Waals surface area contributed by atoms with E-state index in [4.69, 9.17) is 18.8 Å². The standard InChI is InChI=1S/C33H49BF3N3O6/c1-30(2,3)44-29(42)40-14-10-13-23(40)18-43-19-24(38-20-33(35,36)37)28(41)39-27(15-21-11-8-7-9-12-21)34-45-26-17-22-16-25(31(22,4)5)32(26,6)46-34/h7-9,11-12,22-27,38H,10,13-20H2,1-6H3,(H,39,41)/t22-,23-,24+,25+,26-,27+,32+/m1/s1. The zero-order valence-corrected chi connectivity index (χ0v) is 27.8. The van der Waals surface area contributed by atoms with Gasteiger partial charge in [0.1, 0.15) is 11.6 Å². The number of likely N-dealkylation sites (tertiary alicyclic amines) is 1. The number of amides is 2. The number of hydrogen-bond acceptors (Lipinski definition) is 7. The van der Waals surface area contributed by atoms with Gasteiger partial charge < -0.3 is 29.0 Å². The summed E-state index contributed by atoms with van der Waals surface area (Å²) < 4.78 is 64.4. The fourth-order valence-corrected chi connectivity index (χ4v) is 7.80. The monoisotopic (exact) mass is 651 g/mol. The average Bonchev–Trinajstić information content (AvgIpc) is 3.57. The van der Waals surface area contributed by atoms with E-state index in [0.717, 1.165) is 24.8 Å². The topological polar surface area (TPSA) is 98.4 Å². The largest absolute Gasteiger partial charge is 0.482 e. The Balaban J connectivity index is 1.27. The lowest BCUT2D eigenvalue weighted by atomic mass is 9.43. The van der Waals surface area contributed by atoms with Crippen LogP contribution >= 0.6 is 0 Å². The molecule has 0 unspecified atom stereocenters. The lowest BCUT2D eigenvalue weighted by Crippen LogP contribution is -2.65. The number of halogens is 3. The molecule has 2 heterocycles. The van der Waals surface area contributed by atoms with Crippen LogP contribution in [0.2, 0.25) is 0 Å². The first kappa shape index (κ1) is 35.0. The highest BCUT2D eigenvalue weighted by atomic mass is 19.4. The fraction of sp³-hybridized carbons (Fsp3) is 0.758. The molecule has 2 N–H and O–H groups in total. The van der Waals surface area contributed by atoms with Crippen molar-refractivity contribution < 1.29 is 41.5 Å². The van der Waals surface area contributed by atoms with Crippen LogP contribution in [0, 0.1) is 17.3 Å². The van der Waals surface area contributed by atoms with Gasteiger partial charge in [0.2, 0.25) is 5.91 Å². The summed E-state index contributed by atoms with van der Waals surface area (Å²) in [6.07, 6.45) is -1.38. The van der Waals surface area contributed by atoms with Crippen molar-refractivity contribution in [3.05, 3.63) is 35.9 Å². The first-order valence-corrected chi connectivity index (χ1v) is 16.5. The minimum atomic E-state index is -4.53. The summed E-state index contributed by atoms with van der Waals surface area (Å²) in [7, 11) is -0.764. The van der Waals surface area contributed by atoms with Gasteiger partial charge in [-0.2, -0.15) is 13.2 Å². The van der Waals surface area contributed by atoms with Crippen LogP contribution in [0.5, 0.6) is 0 Å². The molecule has 2 aliphatic heterocycles. The maximum atomic E-state index is 13.7. The van der Waals surface area contributed by atoms with Crippen molar-refractivity contribution in [2.24, 2.45) is 17.3 Å². The predicted molar refractivity (Wildman–Crippen MR) is 167 cm³/mol. The third-order valence-corrected chi connectivity index (χ3v) is 10.4. The summed E-state index contributed by atoms with van der Waals surface area (Å²) in [5, 5.41) is 5.31. The molecule has 2 saturated heterocycles. The van der Waals surface area contributed by atoms with Crippen molar-refractivity contribution in [2.75, 3.05) is 26.3 Å². The molecular weight excluding hydrogens is 602 g/mol. The number of nitrogens with zero attached hydrogens (tertiary/aromatic N) is 1. The second kappa shape index (κ2) is 13.3. The van der Waals surface area contributed by atoms with Gasteiger partial charge in [-0.15, -0.1) is 0 Å². The molecule has 1 aromatic carbocycles. The minimum Gasteiger partial charge on any atom is -0.444 e. The number of ether oxygens (including phenoxy) is 2. The van der Waals surface area contributed by atoms with Gasteiger partial charge in [0.15, 0.2) is 0 Å². The molecule has 46 heavy (non-hydrogen) atoms. The van der Waals surface area contributed by atoms with E-state index in [1.54, 1.807) is 25.7 Å². The molecule has 5 fully saturated rings. The van der Waals surface area contributed by atoms with Gasteiger partial charge in [-0.05, 0) is 82.6 Å². The summed E-state index contributed by atoms with van der Waals surface area (Å²) in [6, 6.07) is 7.96. The van der Waals surface area contributed by atoms with Gasteiger partial charge in [-0.25, -0.2) is 4.79 Å². The molecule has 13 heteroatoms. The Morgan fingerprint density at radius 2 is 1.85 bits per heavy atom. The SMILES string of the molecule is CC(C)(C)OC(=O)N1CCC[C@@H]1COC[C@H](NCC(F)(F)F)C(=O)N[C@@H](Cc1ccccc1)B1O[C@@H]2C[C@H]3C[C@@H](C3(C)C)[C@]2(C)O1. The molecule has 2 amide bonds. The van der Waals surface area contributed by atoms with Crippen molar-refractivity contribution in [1.82, 2.24) is 15.5 Å². The van der Waals surface area contributed by atoms with Gasteiger partial charge in [-0.3, -0.25) is 10.1 Å². The summed E-state index contributed by atoms with van der Waals surface area (Å²) >= 11 is 0. The number of carbonyl (C=O) groups is 2. The fourth-order valence-electron chi connectivity index (χ4n) is 7.80. The van der Waals surface area contributed by atoms with Crippen LogP contribution in [-0.2, 0) is 30.0 Å². The van der Waals surface area contributed by atoms with Crippen molar-refractivity contribution in [2.45, 2.75) is 115 Å². The second-order valence-electron chi connectivity index (χ2n) is 15.2. The van der Waals surface area contributed by atoms with E-state index < -0.39 is 55.0 Å².